The summed E-state index contributed by atoms with van der Waals surface area (Å²) in [5.41, 5.74) is 0. The Labute approximate surface area is 111 Å². The fraction of sp³-hybridized carbons (Fsp3) is 0.571. The fourth-order valence-electron chi connectivity index (χ4n) is 2.18. The molecule has 2 nitrogen and oxygen atoms in total. The maximum absolute atomic E-state index is 5.63. The molecule has 0 N–H and O–H groups in total. The summed E-state index contributed by atoms with van der Waals surface area (Å²) < 4.78 is 12.3. The Morgan fingerprint density at radius 3 is 2.47 bits per heavy atom. The Hall–Kier alpha value is -0.540. The number of halogens is 1. The lowest BCUT2D eigenvalue weighted by atomic mass is 10.1. The van der Waals surface area contributed by atoms with Gasteiger partial charge >= 0.3 is 0 Å². The molecule has 0 bridgehead atoms. The van der Waals surface area contributed by atoms with Crippen LogP contribution in [0.4, 0.5) is 0 Å². The molecule has 0 atom stereocenters. The van der Waals surface area contributed by atoms with Gasteiger partial charge in [-0.1, -0.05) is 28.8 Å². The molecule has 0 spiro atoms. The molecule has 0 saturated heterocycles. The van der Waals surface area contributed by atoms with Crippen LogP contribution in [-0.4, -0.2) is 19.8 Å². The van der Waals surface area contributed by atoms with E-state index in [-0.39, 0.29) is 0 Å². The third kappa shape index (κ3) is 4.68. The zero-order valence-corrected chi connectivity index (χ0v) is 11.6. The zero-order chi connectivity index (χ0) is 11.9. The summed E-state index contributed by atoms with van der Waals surface area (Å²) in [4.78, 5) is 0. The van der Waals surface area contributed by atoms with Gasteiger partial charge in [0.1, 0.15) is 12.4 Å². The summed E-state index contributed by atoms with van der Waals surface area (Å²) in [6, 6.07) is 7.88. The average Bonchev–Trinajstić information content (AvgIpc) is 2.84. The molecule has 0 unspecified atom stereocenters. The van der Waals surface area contributed by atoms with E-state index in [0.29, 0.717) is 13.2 Å². The molecule has 0 aromatic heterocycles. The van der Waals surface area contributed by atoms with Crippen molar-refractivity contribution in [3.63, 3.8) is 0 Å². The van der Waals surface area contributed by atoms with E-state index in [1.165, 1.54) is 25.7 Å². The molecule has 2 rings (SSSR count). The summed E-state index contributed by atoms with van der Waals surface area (Å²) >= 11 is 3.40. The largest absolute Gasteiger partial charge is 0.491 e. The van der Waals surface area contributed by atoms with Crippen molar-refractivity contribution in [2.45, 2.75) is 25.7 Å². The second-order valence-corrected chi connectivity index (χ2v) is 5.44. The van der Waals surface area contributed by atoms with Gasteiger partial charge in [-0.2, -0.15) is 0 Å². The third-order valence-corrected chi connectivity index (χ3v) is 3.67. The molecule has 3 heteroatoms. The van der Waals surface area contributed by atoms with Crippen LogP contribution < -0.4 is 4.74 Å². The molecule has 17 heavy (non-hydrogen) atoms. The molecule has 1 aromatic carbocycles. The van der Waals surface area contributed by atoms with Crippen molar-refractivity contribution in [1.29, 1.82) is 0 Å². The third-order valence-electron chi connectivity index (χ3n) is 3.14. The van der Waals surface area contributed by atoms with Crippen LogP contribution in [0.3, 0.4) is 0 Å². The number of rotatable bonds is 6. The molecule has 1 aliphatic rings. The van der Waals surface area contributed by atoms with Crippen LogP contribution in [0.25, 0.3) is 0 Å². The molecule has 94 valence electrons. The minimum absolute atomic E-state index is 0.633. The van der Waals surface area contributed by atoms with Gasteiger partial charge < -0.3 is 9.47 Å². The first kappa shape index (κ1) is 12.9. The predicted molar refractivity (Wildman–Crippen MR) is 72.4 cm³/mol. The van der Waals surface area contributed by atoms with E-state index >= 15 is 0 Å². The van der Waals surface area contributed by atoms with Gasteiger partial charge in [0.2, 0.25) is 0 Å². The van der Waals surface area contributed by atoms with Gasteiger partial charge in [-0.05, 0) is 43.0 Å². The number of hydrogen-bond acceptors (Lipinski definition) is 2. The molecule has 0 heterocycles. The first-order valence-corrected chi connectivity index (χ1v) is 7.10. The van der Waals surface area contributed by atoms with Gasteiger partial charge in [0.15, 0.2) is 0 Å². The molecule has 1 fully saturated rings. The second kappa shape index (κ2) is 7.02. The van der Waals surface area contributed by atoms with Crippen molar-refractivity contribution in [3.05, 3.63) is 28.7 Å². The Bertz CT molecular complexity index is 317. The van der Waals surface area contributed by atoms with E-state index in [1.54, 1.807) is 0 Å². The molecule has 1 aliphatic carbocycles. The smallest absolute Gasteiger partial charge is 0.119 e. The SMILES string of the molecule is Brc1ccc(OCCOCC2CCCC2)cc1. The van der Waals surface area contributed by atoms with Crippen molar-refractivity contribution in [3.8, 4) is 5.75 Å². The second-order valence-electron chi connectivity index (χ2n) is 4.53. The van der Waals surface area contributed by atoms with Crippen molar-refractivity contribution >= 4 is 15.9 Å². The van der Waals surface area contributed by atoms with Gasteiger partial charge in [0, 0.05) is 11.1 Å². The lowest BCUT2D eigenvalue weighted by Crippen LogP contribution is -2.11. The first-order chi connectivity index (χ1) is 8.34. The summed E-state index contributed by atoms with van der Waals surface area (Å²) in [5, 5.41) is 0. The van der Waals surface area contributed by atoms with E-state index in [1.807, 2.05) is 24.3 Å². The van der Waals surface area contributed by atoms with E-state index in [0.717, 1.165) is 22.7 Å². The molecular formula is C14H19BrO2. The summed E-state index contributed by atoms with van der Waals surface area (Å²) in [7, 11) is 0. The Morgan fingerprint density at radius 1 is 1.06 bits per heavy atom. The van der Waals surface area contributed by atoms with Crippen LogP contribution in [-0.2, 0) is 4.74 Å². The minimum atomic E-state index is 0.633. The van der Waals surface area contributed by atoms with Crippen LogP contribution in [0.15, 0.2) is 28.7 Å². The van der Waals surface area contributed by atoms with E-state index < -0.39 is 0 Å². The lowest BCUT2D eigenvalue weighted by molar-refractivity contribution is 0.0754. The highest BCUT2D eigenvalue weighted by Crippen LogP contribution is 2.24. The fourth-order valence-corrected chi connectivity index (χ4v) is 2.44. The quantitative estimate of drug-likeness (QED) is 0.738. The highest BCUT2D eigenvalue weighted by molar-refractivity contribution is 9.10. The lowest BCUT2D eigenvalue weighted by Gasteiger charge is -2.10. The van der Waals surface area contributed by atoms with Crippen molar-refractivity contribution in [2.75, 3.05) is 19.8 Å². The topological polar surface area (TPSA) is 18.5 Å². The maximum Gasteiger partial charge on any atom is 0.119 e. The Balaban J connectivity index is 1.55. The molecule has 0 amide bonds. The van der Waals surface area contributed by atoms with Crippen LogP contribution in [0.5, 0.6) is 5.75 Å². The Kier molecular flexibility index (Phi) is 5.33. The molecule has 0 aliphatic heterocycles. The number of hydrogen-bond donors (Lipinski definition) is 0. The van der Waals surface area contributed by atoms with Crippen molar-refractivity contribution < 1.29 is 9.47 Å². The maximum atomic E-state index is 5.63. The summed E-state index contributed by atoms with van der Waals surface area (Å²) in [6.45, 7) is 2.23. The zero-order valence-electron chi connectivity index (χ0n) is 10.0. The van der Waals surface area contributed by atoms with E-state index in [2.05, 4.69) is 15.9 Å². The van der Waals surface area contributed by atoms with E-state index in [4.69, 9.17) is 9.47 Å². The predicted octanol–water partition coefficient (Wildman–Crippen LogP) is 4.03. The van der Waals surface area contributed by atoms with Crippen LogP contribution in [0, 0.1) is 5.92 Å². The van der Waals surface area contributed by atoms with Gasteiger partial charge in [-0.3, -0.25) is 0 Å². The molecule has 1 aromatic rings. The summed E-state index contributed by atoms with van der Waals surface area (Å²) in [6.07, 6.45) is 5.44. The monoisotopic (exact) mass is 298 g/mol. The Morgan fingerprint density at radius 2 is 1.76 bits per heavy atom. The summed E-state index contributed by atoms with van der Waals surface area (Å²) in [5.74, 6) is 1.69. The van der Waals surface area contributed by atoms with Crippen LogP contribution in [0.2, 0.25) is 0 Å². The number of benzene rings is 1. The molecular weight excluding hydrogens is 280 g/mol. The van der Waals surface area contributed by atoms with E-state index in [9.17, 15) is 0 Å². The van der Waals surface area contributed by atoms with Crippen molar-refractivity contribution in [1.82, 2.24) is 0 Å². The van der Waals surface area contributed by atoms with Gasteiger partial charge in [0.05, 0.1) is 6.61 Å². The van der Waals surface area contributed by atoms with Crippen molar-refractivity contribution in [2.24, 2.45) is 5.92 Å². The average molecular weight is 299 g/mol. The standard InChI is InChI=1S/C14H19BrO2/c15-13-5-7-14(8-6-13)17-10-9-16-11-12-3-1-2-4-12/h5-8,12H,1-4,9-11H2. The number of ether oxygens (including phenoxy) is 2. The minimum Gasteiger partial charge on any atom is -0.491 e. The molecule has 0 radical (unpaired) electrons. The van der Waals surface area contributed by atoms with Gasteiger partial charge in [0.25, 0.3) is 0 Å². The highest BCUT2D eigenvalue weighted by atomic mass is 79.9. The van der Waals surface area contributed by atoms with Gasteiger partial charge in [-0.15, -0.1) is 0 Å². The van der Waals surface area contributed by atoms with Gasteiger partial charge in [-0.25, -0.2) is 0 Å². The van der Waals surface area contributed by atoms with Crippen LogP contribution in [0.1, 0.15) is 25.7 Å². The normalized spacial score (nSPS) is 16.3. The highest BCUT2D eigenvalue weighted by Gasteiger charge is 2.14. The molecule has 1 saturated carbocycles. The van der Waals surface area contributed by atoms with Crippen LogP contribution >= 0.6 is 15.9 Å². The first-order valence-electron chi connectivity index (χ1n) is 6.31.